The van der Waals surface area contributed by atoms with E-state index in [-0.39, 0.29) is 0 Å². The van der Waals surface area contributed by atoms with E-state index in [0.717, 1.165) is 16.9 Å². The minimum Gasteiger partial charge on any atom is -0.399 e. The van der Waals surface area contributed by atoms with Crippen molar-refractivity contribution in [2.45, 2.75) is 5.41 Å². The average Bonchev–Trinajstić information content (AvgIpc) is 3.31. The Kier molecular flexibility index (Phi) is 3.53. The second-order valence-electron chi connectivity index (χ2n) is 8.96. The molecule has 5 aromatic rings. The molecule has 156 valence electrons. The van der Waals surface area contributed by atoms with Gasteiger partial charge in [-0.05, 0) is 68.3 Å². The van der Waals surface area contributed by atoms with E-state index in [0.29, 0.717) is 0 Å². The predicted molar refractivity (Wildman–Crippen MR) is 137 cm³/mol. The highest BCUT2D eigenvalue weighted by molar-refractivity contribution is 5.99. The highest BCUT2D eigenvalue weighted by Gasteiger charge is 2.52. The third-order valence-corrected chi connectivity index (χ3v) is 7.38. The molecule has 0 amide bonds. The van der Waals surface area contributed by atoms with Crippen LogP contribution < -0.4 is 11.5 Å². The number of hydrogen-bond acceptors (Lipinski definition) is 2. The first-order valence-electron chi connectivity index (χ1n) is 11.3. The quantitative estimate of drug-likeness (QED) is 0.284. The highest BCUT2D eigenvalue weighted by atomic mass is 14.6. The van der Waals surface area contributed by atoms with Gasteiger partial charge in [0.25, 0.3) is 0 Å². The second kappa shape index (κ2) is 6.36. The van der Waals surface area contributed by atoms with Crippen molar-refractivity contribution < 1.29 is 0 Å². The lowest BCUT2D eigenvalue weighted by Crippen LogP contribution is -2.26. The van der Waals surface area contributed by atoms with Gasteiger partial charge >= 0.3 is 0 Å². The van der Waals surface area contributed by atoms with Crippen LogP contribution in [0.1, 0.15) is 22.3 Å². The standard InChI is InChI=1S/C31H22N2/c32-19-16-17-22-20-8-1-4-13-26(20)31(28(22)18-19)27-14-5-2-9-21(27)24-11-7-12-25(30(24)31)23-10-3-6-15-29(23)33/h1-18H,32-33H2. The fourth-order valence-electron chi connectivity index (χ4n) is 6.18. The predicted octanol–water partition coefficient (Wildman–Crippen LogP) is 6.86. The maximum Gasteiger partial charge on any atom is 0.0732 e. The maximum absolute atomic E-state index is 6.53. The molecule has 0 radical (unpaired) electrons. The van der Waals surface area contributed by atoms with Crippen molar-refractivity contribution in [3.8, 4) is 33.4 Å². The van der Waals surface area contributed by atoms with Gasteiger partial charge in [-0.3, -0.25) is 0 Å². The van der Waals surface area contributed by atoms with E-state index in [9.17, 15) is 0 Å². The zero-order valence-electron chi connectivity index (χ0n) is 18.0. The van der Waals surface area contributed by atoms with E-state index in [1.165, 1.54) is 50.1 Å². The van der Waals surface area contributed by atoms with Gasteiger partial charge in [0.2, 0.25) is 0 Å². The van der Waals surface area contributed by atoms with Crippen molar-refractivity contribution in [3.05, 3.63) is 131 Å². The van der Waals surface area contributed by atoms with Crippen LogP contribution >= 0.6 is 0 Å². The smallest absolute Gasteiger partial charge is 0.0732 e. The molecule has 0 fully saturated rings. The third-order valence-electron chi connectivity index (χ3n) is 7.38. The lowest BCUT2D eigenvalue weighted by Gasteiger charge is -2.32. The topological polar surface area (TPSA) is 52.0 Å². The van der Waals surface area contributed by atoms with Crippen molar-refractivity contribution >= 4 is 11.4 Å². The van der Waals surface area contributed by atoms with Gasteiger partial charge < -0.3 is 11.5 Å². The Balaban J connectivity index is 1.72. The summed E-state index contributed by atoms with van der Waals surface area (Å²) in [4.78, 5) is 0. The SMILES string of the molecule is Nc1ccc2c(c1)C1(c3ccccc3-2)c2ccccc2-c2cccc(-c3ccccc3N)c21. The number of fused-ring (bicyclic) bond motifs is 10. The summed E-state index contributed by atoms with van der Waals surface area (Å²) < 4.78 is 0. The largest absolute Gasteiger partial charge is 0.399 e. The lowest BCUT2D eigenvalue weighted by atomic mass is 9.68. The molecule has 0 aromatic heterocycles. The van der Waals surface area contributed by atoms with Gasteiger partial charge in [-0.15, -0.1) is 0 Å². The molecule has 0 bridgehead atoms. The molecule has 33 heavy (non-hydrogen) atoms. The summed E-state index contributed by atoms with van der Waals surface area (Å²) in [5.41, 5.74) is 26.5. The number of rotatable bonds is 1. The Morgan fingerprint density at radius 1 is 0.424 bits per heavy atom. The van der Waals surface area contributed by atoms with E-state index in [1.807, 2.05) is 18.2 Å². The number of para-hydroxylation sites is 1. The molecule has 1 atom stereocenters. The number of nitrogen functional groups attached to an aromatic ring is 2. The minimum absolute atomic E-state index is 0.438. The summed E-state index contributed by atoms with van der Waals surface area (Å²) in [6.07, 6.45) is 0. The van der Waals surface area contributed by atoms with Crippen LogP contribution in [0.15, 0.2) is 109 Å². The fraction of sp³-hybridized carbons (Fsp3) is 0.0323. The maximum atomic E-state index is 6.53. The zero-order chi connectivity index (χ0) is 22.2. The van der Waals surface area contributed by atoms with Gasteiger partial charge in [0.05, 0.1) is 5.41 Å². The first-order valence-corrected chi connectivity index (χ1v) is 11.3. The zero-order valence-corrected chi connectivity index (χ0v) is 18.0. The molecule has 4 N–H and O–H groups in total. The molecule has 0 heterocycles. The summed E-state index contributed by atoms with van der Waals surface area (Å²) in [5, 5.41) is 0. The summed E-state index contributed by atoms with van der Waals surface area (Å²) in [5.74, 6) is 0. The molecule has 2 nitrogen and oxygen atoms in total. The Morgan fingerprint density at radius 3 is 1.64 bits per heavy atom. The second-order valence-corrected chi connectivity index (χ2v) is 8.96. The van der Waals surface area contributed by atoms with E-state index in [1.54, 1.807) is 0 Å². The van der Waals surface area contributed by atoms with Gasteiger partial charge in [-0.2, -0.15) is 0 Å². The first kappa shape index (κ1) is 18.3. The van der Waals surface area contributed by atoms with E-state index >= 15 is 0 Å². The van der Waals surface area contributed by atoms with Crippen LogP contribution in [-0.2, 0) is 5.41 Å². The Hall–Kier alpha value is -4.30. The van der Waals surface area contributed by atoms with Gasteiger partial charge in [0.1, 0.15) is 0 Å². The van der Waals surface area contributed by atoms with Crippen molar-refractivity contribution in [2.24, 2.45) is 0 Å². The van der Waals surface area contributed by atoms with Crippen LogP contribution in [0.3, 0.4) is 0 Å². The summed E-state index contributed by atoms with van der Waals surface area (Å²) in [7, 11) is 0. The Labute approximate surface area is 193 Å². The van der Waals surface area contributed by atoms with Crippen LogP contribution in [-0.4, -0.2) is 0 Å². The van der Waals surface area contributed by atoms with Gasteiger partial charge in [-0.25, -0.2) is 0 Å². The van der Waals surface area contributed by atoms with Crippen molar-refractivity contribution in [1.29, 1.82) is 0 Å². The monoisotopic (exact) mass is 422 g/mol. The third kappa shape index (κ3) is 2.18. The molecule has 2 aliphatic rings. The molecule has 0 saturated heterocycles. The highest BCUT2D eigenvalue weighted by Crippen LogP contribution is 2.64. The number of anilines is 2. The summed E-state index contributed by atoms with van der Waals surface area (Å²) in [6, 6.07) is 38.7. The van der Waals surface area contributed by atoms with Crippen LogP contribution in [0.5, 0.6) is 0 Å². The summed E-state index contributed by atoms with van der Waals surface area (Å²) in [6.45, 7) is 0. The van der Waals surface area contributed by atoms with Crippen molar-refractivity contribution in [3.63, 3.8) is 0 Å². The average molecular weight is 423 g/mol. The molecule has 7 rings (SSSR count). The molecule has 1 spiro atoms. The van der Waals surface area contributed by atoms with Crippen LogP contribution in [0, 0.1) is 0 Å². The van der Waals surface area contributed by atoms with Crippen molar-refractivity contribution in [2.75, 3.05) is 11.5 Å². The van der Waals surface area contributed by atoms with Crippen LogP contribution in [0.4, 0.5) is 11.4 Å². The van der Waals surface area contributed by atoms with Crippen LogP contribution in [0.2, 0.25) is 0 Å². The molecule has 5 aromatic carbocycles. The molecule has 0 aliphatic heterocycles. The molecule has 1 unspecified atom stereocenters. The lowest BCUT2D eigenvalue weighted by molar-refractivity contribution is 0.796. The Morgan fingerprint density at radius 2 is 0.939 bits per heavy atom. The molecular formula is C31H22N2. The summed E-state index contributed by atoms with van der Waals surface area (Å²) >= 11 is 0. The number of hydrogen-bond donors (Lipinski definition) is 2. The van der Waals surface area contributed by atoms with E-state index in [4.69, 9.17) is 11.5 Å². The minimum atomic E-state index is -0.438. The van der Waals surface area contributed by atoms with E-state index in [2.05, 4.69) is 91.0 Å². The molecule has 2 aliphatic carbocycles. The fourth-order valence-corrected chi connectivity index (χ4v) is 6.18. The van der Waals surface area contributed by atoms with Gasteiger partial charge in [0, 0.05) is 16.9 Å². The van der Waals surface area contributed by atoms with E-state index < -0.39 is 5.41 Å². The molecule has 0 saturated carbocycles. The number of benzene rings is 5. The van der Waals surface area contributed by atoms with Gasteiger partial charge in [0.15, 0.2) is 0 Å². The normalized spacial score (nSPS) is 16.8. The van der Waals surface area contributed by atoms with Crippen molar-refractivity contribution in [1.82, 2.24) is 0 Å². The first-order chi connectivity index (χ1) is 16.2. The van der Waals surface area contributed by atoms with Crippen LogP contribution in [0.25, 0.3) is 33.4 Å². The number of nitrogens with two attached hydrogens (primary N) is 2. The molecule has 2 heteroatoms. The Bertz CT molecular complexity index is 1580. The van der Waals surface area contributed by atoms with Gasteiger partial charge in [-0.1, -0.05) is 91.0 Å². The molecular weight excluding hydrogens is 400 g/mol.